The number of benzene rings is 1. The van der Waals surface area contributed by atoms with Crippen LogP contribution in [0.15, 0.2) is 53.0 Å². The van der Waals surface area contributed by atoms with Crippen LogP contribution in [0.2, 0.25) is 0 Å². The van der Waals surface area contributed by atoms with Gasteiger partial charge in [0.25, 0.3) is 0 Å². The van der Waals surface area contributed by atoms with E-state index in [0.717, 1.165) is 35.7 Å². The number of carbonyl (C=O) groups is 1. The molecule has 2 nitrogen and oxygen atoms in total. The minimum atomic E-state index is -0.395. The third kappa shape index (κ3) is 3.72. The second-order valence-electron chi connectivity index (χ2n) is 10.6. The molecule has 1 aromatic rings. The molecule has 0 aliphatic heterocycles. The van der Waals surface area contributed by atoms with Crippen LogP contribution >= 0.6 is 15.9 Å². The Morgan fingerprint density at radius 2 is 1.93 bits per heavy atom. The van der Waals surface area contributed by atoms with Crippen molar-refractivity contribution in [2.45, 2.75) is 72.3 Å². The summed E-state index contributed by atoms with van der Waals surface area (Å²) in [5.41, 5.74) is 2.61. The predicted molar refractivity (Wildman–Crippen MR) is 126 cm³/mol. The highest BCUT2D eigenvalue weighted by atomic mass is 79.9. The van der Waals surface area contributed by atoms with Crippen LogP contribution in [-0.4, -0.2) is 5.97 Å². The van der Waals surface area contributed by atoms with Crippen LogP contribution in [-0.2, 0) is 16.1 Å². The average molecular weight is 471 g/mol. The van der Waals surface area contributed by atoms with Crippen molar-refractivity contribution in [2.75, 3.05) is 0 Å². The normalized spacial score (nSPS) is 38.1. The molecular formula is C27H35BrO2. The molecule has 30 heavy (non-hydrogen) atoms. The summed E-state index contributed by atoms with van der Waals surface area (Å²) in [6.45, 7) is 11.4. The number of hydrogen-bond acceptors (Lipinski definition) is 2. The Morgan fingerprint density at radius 3 is 2.63 bits per heavy atom. The Balaban J connectivity index is 1.55. The first-order valence-corrected chi connectivity index (χ1v) is 12.3. The summed E-state index contributed by atoms with van der Waals surface area (Å²) in [5, 5.41) is 0. The minimum absolute atomic E-state index is 0.00728. The number of halogens is 1. The quantitative estimate of drug-likeness (QED) is 0.333. The maximum atomic E-state index is 13.4. The third-order valence-corrected chi connectivity index (χ3v) is 9.11. The number of hydrogen-bond donors (Lipinski definition) is 0. The van der Waals surface area contributed by atoms with Crippen LogP contribution in [0.25, 0.3) is 0 Å². The average Bonchev–Trinajstić information content (AvgIpc) is 2.72. The summed E-state index contributed by atoms with van der Waals surface area (Å²) in [4.78, 5) is 13.4. The second-order valence-corrected chi connectivity index (χ2v) is 11.6. The lowest BCUT2D eigenvalue weighted by molar-refractivity contribution is -0.169. The molecule has 0 spiro atoms. The van der Waals surface area contributed by atoms with E-state index in [1.807, 2.05) is 24.3 Å². The molecule has 162 valence electrons. The molecule has 0 amide bonds. The fourth-order valence-electron chi connectivity index (χ4n) is 6.75. The van der Waals surface area contributed by atoms with Gasteiger partial charge < -0.3 is 4.74 Å². The Labute approximate surface area is 190 Å². The van der Waals surface area contributed by atoms with Crippen molar-refractivity contribution in [3.63, 3.8) is 0 Å². The summed E-state index contributed by atoms with van der Waals surface area (Å²) < 4.78 is 6.94. The molecule has 3 aliphatic carbocycles. The maximum Gasteiger partial charge on any atom is 0.312 e. The van der Waals surface area contributed by atoms with Gasteiger partial charge in [-0.05, 0) is 85.8 Å². The molecular weight excluding hydrogens is 436 g/mol. The fourth-order valence-corrected chi connectivity index (χ4v) is 7.02. The van der Waals surface area contributed by atoms with Crippen LogP contribution in [0.4, 0.5) is 0 Å². The van der Waals surface area contributed by atoms with Crippen LogP contribution in [0.1, 0.15) is 71.3 Å². The van der Waals surface area contributed by atoms with Gasteiger partial charge in [0.05, 0.1) is 5.41 Å². The Hall–Kier alpha value is -1.35. The molecule has 2 saturated carbocycles. The Bertz CT molecular complexity index is 856. The molecule has 0 N–H and O–H groups in total. The van der Waals surface area contributed by atoms with E-state index in [1.165, 1.54) is 19.3 Å². The van der Waals surface area contributed by atoms with Gasteiger partial charge in [-0.2, -0.15) is 0 Å². The van der Waals surface area contributed by atoms with E-state index in [4.69, 9.17) is 4.74 Å². The molecule has 1 aromatic carbocycles. The molecule has 0 radical (unpaired) electrons. The number of allylic oxidation sites excluding steroid dienone is 3. The standard InChI is InChI=1S/C27H35BrO2/c1-5-25(2)16-13-22-20(17-25)9-12-23-26(22,3)14-6-15-27(23,4)24(29)30-18-19-7-10-21(28)11-8-19/h5,7-8,10-11,13,20,23H,1,6,9,12,14-18H2,2-4H3/t20-,23-,25-,26-,27+/m0/s1. The molecule has 2 fully saturated rings. The molecule has 3 heteroatoms. The predicted octanol–water partition coefficient (Wildman–Crippen LogP) is 7.63. The van der Waals surface area contributed by atoms with Crippen LogP contribution < -0.4 is 0 Å². The summed E-state index contributed by atoms with van der Waals surface area (Å²) in [6.07, 6.45) is 12.5. The van der Waals surface area contributed by atoms with Gasteiger partial charge in [0, 0.05) is 4.47 Å². The zero-order valence-corrected chi connectivity index (χ0v) is 20.3. The lowest BCUT2D eigenvalue weighted by atomic mass is 9.46. The van der Waals surface area contributed by atoms with E-state index in [2.05, 4.69) is 55.4 Å². The van der Waals surface area contributed by atoms with Gasteiger partial charge in [-0.1, -0.05) is 66.1 Å². The third-order valence-electron chi connectivity index (χ3n) is 8.58. The Kier molecular flexibility index (Phi) is 5.81. The number of ether oxygens (including phenoxy) is 1. The van der Waals surface area contributed by atoms with Crippen molar-refractivity contribution >= 4 is 21.9 Å². The topological polar surface area (TPSA) is 26.3 Å². The second kappa shape index (κ2) is 7.97. The molecule has 5 atom stereocenters. The first-order valence-electron chi connectivity index (χ1n) is 11.5. The van der Waals surface area contributed by atoms with Crippen LogP contribution in [0.3, 0.4) is 0 Å². The lowest BCUT2D eigenvalue weighted by Crippen LogP contribution is -2.53. The molecule has 4 rings (SSSR count). The van der Waals surface area contributed by atoms with Gasteiger partial charge in [0.2, 0.25) is 0 Å². The zero-order chi connectivity index (χ0) is 21.6. The summed E-state index contributed by atoms with van der Waals surface area (Å²) in [6, 6.07) is 8.02. The lowest BCUT2D eigenvalue weighted by Gasteiger charge is -2.58. The van der Waals surface area contributed by atoms with Crippen molar-refractivity contribution in [3.8, 4) is 0 Å². The molecule has 0 heterocycles. The number of fused-ring (bicyclic) bond motifs is 3. The monoisotopic (exact) mass is 470 g/mol. The van der Waals surface area contributed by atoms with Gasteiger partial charge in [-0.25, -0.2) is 0 Å². The highest BCUT2D eigenvalue weighted by molar-refractivity contribution is 9.10. The molecule has 0 unspecified atom stereocenters. The van der Waals surface area contributed by atoms with Crippen molar-refractivity contribution < 1.29 is 9.53 Å². The van der Waals surface area contributed by atoms with Crippen LogP contribution in [0, 0.1) is 28.1 Å². The van der Waals surface area contributed by atoms with Crippen LogP contribution in [0.5, 0.6) is 0 Å². The highest BCUT2D eigenvalue weighted by Gasteiger charge is 2.58. The van der Waals surface area contributed by atoms with Crippen molar-refractivity contribution in [1.29, 1.82) is 0 Å². The smallest absolute Gasteiger partial charge is 0.312 e. The number of esters is 1. The molecule has 0 saturated heterocycles. The van der Waals surface area contributed by atoms with E-state index in [9.17, 15) is 4.79 Å². The minimum Gasteiger partial charge on any atom is -0.460 e. The van der Waals surface area contributed by atoms with Crippen molar-refractivity contribution in [1.82, 2.24) is 0 Å². The first-order chi connectivity index (χ1) is 14.2. The van der Waals surface area contributed by atoms with Gasteiger partial charge in [-0.3, -0.25) is 4.79 Å². The highest BCUT2D eigenvalue weighted by Crippen LogP contribution is 2.64. The van der Waals surface area contributed by atoms with Crippen molar-refractivity contribution in [2.24, 2.45) is 28.1 Å². The zero-order valence-electron chi connectivity index (χ0n) is 18.7. The Morgan fingerprint density at radius 1 is 1.20 bits per heavy atom. The molecule has 0 aromatic heterocycles. The largest absolute Gasteiger partial charge is 0.460 e. The van der Waals surface area contributed by atoms with E-state index < -0.39 is 5.41 Å². The van der Waals surface area contributed by atoms with E-state index in [0.29, 0.717) is 18.4 Å². The SMILES string of the molecule is C=C[C@@]1(C)CC=C2[C@@H](CC[C@@H]3[C@](C)(C(=O)OCc4ccc(Br)cc4)CCC[C@@]23C)C1. The van der Waals surface area contributed by atoms with E-state index in [-0.39, 0.29) is 16.8 Å². The molecule has 3 aliphatic rings. The number of carbonyl (C=O) groups excluding carboxylic acids is 1. The number of rotatable bonds is 4. The summed E-state index contributed by atoms with van der Waals surface area (Å²) in [5.74, 6) is 1.00. The maximum absolute atomic E-state index is 13.4. The first kappa shape index (κ1) is 21.9. The summed E-state index contributed by atoms with van der Waals surface area (Å²) in [7, 11) is 0. The van der Waals surface area contributed by atoms with E-state index >= 15 is 0 Å². The van der Waals surface area contributed by atoms with Gasteiger partial charge >= 0.3 is 5.97 Å². The fraction of sp³-hybridized carbons (Fsp3) is 0.593. The van der Waals surface area contributed by atoms with Crippen molar-refractivity contribution in [3.05, 3.63) is 58.6 Å². The van der Waals surface area contributed by atoms with Gasteiger partial charge in [0.15, 0.2) is 0 Å². The van der Waals surface area contributed by atoms with Gasteiger partial charge in [-0.15, -0.1) is 6.58 Å². The van der Waals surface area contributed by atoms with E-state index in [1.54, 1.807) is 5.57 Å². The summed E-state index contributed by atoms with van der Waals surface area (Å²) >= 11 is 3.46. The molecule has 0 bridgehead atoms. The van der Waals surface area contributed by atoms with Gasteiger partial charge in [0.1, 0.15) is 6.61 Å².